The lowest BCUT2D eigenvalue weighted by molar-refractivity contribution is -0.141. The molecule has 0 saturated heterocycles. The molecule has 0 spiro atoms. The summed E-state index contributed by atoms with van der Waals surface area (Å²) >= 11 is 5.97. The van der Waals surface area contributed by atoms with Gasteiger partial charge in [-0.2, -0.15) is 0 Å². The molecule has 1 aromatic rings. The molecule has 0 fully saturated rings. The van der Waals surface area contributed by atoms with Crippen molar-refractivity contribution in [2.75, 3.05) is 13.7 Å². The van der Waals surface area contributed by atoms with Crippen molar-refractivity contribution in [3.8, 4) is 11.5 Å². The molecule has 8 nitrogen and oxygen atoms in total. The van der Waals surface area contributed by atoms with Crippen molar-refractivity contribution in [3.05, 3.63) is 22.7 Å². The second kappa shape index (κ2) is 7.11. The average Bonchev–Trinajstić information content (AvgIpc) is 2.43. The minimum absolute atomic E-state index is 0.0160. The summed E-state index contributed by atoms with van der Waals surface area (Å²) in [4.78, 5) is 21.5. The minimum Gasteiger partial charge on any atom is -0.493 e. The Morgan fingerprint density at radius 3 is 2.52 bits per heavy atom. The summed E-state index contributed by atoms with van der Waals surface area (Å²) in [6.07, 6.45) is -1.49. The number of benzene rings is 1. The molecule has 21 heavy (non-hydrogen) atoms. The topological polar surface area (TPSA) is 145 Å². The molecule has 1 amide bonds. The summed E-state index contributed by atoms with van der Waals surface area (Å²) in [6, 6.07) is 1.06. The van der Waals surface area contributed by atoms with Crippen LogP contribution in [0.5, 0.6) is 11.5 Å². The van der Waals surface area contributed by atoms with E-state index in [9.17, 15) is 14.7 Å². The first kappa shape index (κ1) is 17.0. The van der Waals surface area contributed by atoms with Gasteiger partial charge in [0.1, 0.15) is 12.1 Å². The molecule has 1 aromatic carbocycles. The summed E-state index contributed by atoms with van der Waals surface area (Å²) < 4.78 is 10.1. The number of carboxylic acids is 1. The molecule has 0 heterocycles. The van der Waals surface area contributed by atoms with Crippen LogP contribution in [-0.4, -0.2) is 41.8 Å². The van der Waals surface area contributed by atoms with Crippen LogP contribution in [-0.2, 0) is 9.59 Å². The number of aliphatic carboxylic acids is 1. The molecule has 0 saturated carbocycles. The molecular formula is C12H15ClN2O6. The number of aliphatic hydroxyl groups excluding tert-OH is 1. The maximum Gasteiger partial charge on any atom is 0.323 e. The number of methoxy groups -OCH3 is 1. The van der Waals surface area contributed by atoms with Crippen LogP contribution >= 0.6 is 11.6 Å². The Morgan fingerprint density at radius 2 is 2.05 bits per heavy atom. The van der Waals surface area contributed by atoms with Crippen molar-refractivity contribution in [2.24, 2.45) is 11.5 Å². The molecule has 2 atom stereocenters. The smallest absolute Gasteiger partial charge is 0.323 e. The fraction of sp³-hybridized carbons (Fsp3) is 0.333. The highest BCUT2D eigenvalue weighted by Gasteiger charge is 2.26. The van der Waals surface area contributed by atoms with Crippen LogP contribution in [0, 0.1) is 0 Å². The quantitative estimate of drug-likeness (QED) is 0.538. The molecule has 9 heteroatoms. The largest absolute Gasteiger partial charge is 0.493 e. The molecule has 0 aliphatic rings. The summed E-state index contributed by atoms with van der Waals surface area (Å²) in [7, 11) is 1.32. The second-order valence-corrected chi connectivity index (χ2v) is 4.51. The van der Waals surface area contributed by atoms with Gasteiger partial charge in [0.25, 0.3) is 5.91 Å². The minimum atomic E-state index is -1.52. The standard InChI is InChI=1S/C12H15ClN2O6/c1-20-7-3-5(10(17)9(15)12(18)19)2-6(13)11(7)21-4-8(14)16/h2-3,9-10,17H,4,15H2,1H3,(H2,14,16)(H,18,19). The van der Waals surface area contributed by atoms with Gasteiger partial charge in [-0.25, -0.2) is 0 Å². The van der Waals surface area contributed by atoms with Gasteiger partial charge in [0.2, 0.25) is 0 Å². The molecule has 0 aliphatic heterocycles. The third kappa shape index (κ3) is 4.22. The Morgan fingerprint density at radius 1 is 1.43 bits per heavy atom. The summed E-state index contributed by atoms with van der Waals surface area (Å²) in [5.41, 5.74) is 10.4. The molecule has 2 unspecified atom stereocenters. The third-order valence-electron chi connectivity index (χ3n) is 2.58. The van der Waals surface area contributed by atoms with Crippen molar-refractivity contribution < 1.29 is 29.3 Å². The van der Waals surface area contributed by atoms with E-state index in [1.165, 1.54) is 19.2 Å². The second-order valence-electron chi connectivity index (χ2n) is 4.10. The van der Waals surface area contributed by atoms with Gasteiger partial charge < -0.3 is 31.2 Å². The van der Waals surface area contributed by atoms with E-state index < -0.39 is 30.6 Å². The lowest BCUT2D eigenvalue weighted by Gasteiger charge is -2.18. The van der Waals surface area contributed by atoms with Crippen LogP contribution < -0.4 is 20.9 Å². The van der Waals surface area contributed by atoms with Crippen molar-refractivity contribution >= 4 is 23.5 Å². The first-order chi connectivity index (χ1) is 9.77. The Balaban J connectivity index is 3.13. The number of rotatable bonds is 7. The number of carbonyl (C=O) groups is 2. The van der Waals surface area contributed by atoms with E-state index in [-0.39, 0.29) is 22.1 Å². The van der Waals surface area contributed by atoms with Crippen LogP contribution in [0.15, 0.2) is 12.1 Å². The predicted octanol–water partition coefficient (Wildman–Crippen LogP) is -0.342. The third-order valence-corrected chi connectivity index (χ3v) is 2.86. The fourth-order valence-corrected chi connectivity index (χ4v) is 1.81. The predicted molar refractivity (Wildman–Crippen MR) is 73.3 cm³/mol. The van der Waals surface area contributed by atoms with E-state index in [1.807, 2.05) is 0 Å². The molecule has 0 aromatic heterocycles. The van der Waals surface area contributed by atoms with Crippen molar-refractivity contribution in [1.29, 1.82) is 0 Å². The number of aliphatic hydroxyl groups is 1. The average molecular weight is 319 g/mol. The molecule has 0 aliphatic carbocycles. The Labute approximate surface area is 125 Å². The summed E-state index contributed by atoms with van der Waals surface area (Å²) in [6.45, 7) is -0.410. The highest BCUT2D eigenvalue weighted by Crippen LogP contribution is 2.38. The number of primary amides is 1. The monoisotopic (exact) mass is 318 g/mol. The van der Waals surface area contributed by atoms with Gasteiger partial charge in [0, 0.05) is 0 Å². The molecule has 6 N–H and O–H groups in total. The molecule has 1 rings (SSSR count). The number of amides is 1. The zero-order chi connectivity index (χ0) is 16.2. The van der Waals surface area contributed by atoms with Gasteiger partial charge in [0.15, 0.2) is 18.1 Å². The molecule has 116 valence electrons. The van der Waals surface area contributed by atoms with Gasteiger partial charge in [-0.1, -0.05) is 11.6 Å². The Kier molecular flexibility index (Phi) is 5.77. The van der Waals surface area contributed by atoms with E-state index in [0.29, 0.717) is 0 Å². The number of ether oxygens (including phenoxy) is 2. The van der Waals surface area contributed by atoms with Crippen LogP contribution in [0.3, 0.4) is 0 Å². The number of hydrogen-bond acceptors (Lipinski definition) is 6. The van der Waals surface area contributed by atoms with Gasteiger partial charge in [-0.15, -0.1) is 0 Å². The van der Waals surface area contributed by atoms with Crippen molar-refractivity contribution in [3.63, 3.8) is 0 Å². The normalized spacial score (nSPS) is 13.3. The number of carbonyl (C=O) groups excluding carboxylic acids is 1. The highest BCUT2D eigenvalue weighted by molar-refractivity contribution is 6.32. The van der Waals surface area contributed by atoms with E-state index in [1.54, 1.807) is 0 Å². The van der Waals surface area contributed by atoms with Gasteiger partial charge in [-0.3, -0.25) is 9.59 Å². The maximum atomic E-state index is 10.8. The lowest BCUT2D eigenvalue weighted by Crippen LogP contribution is -2.36. The highest BCUT2D eigenvalue weighted by atomic mass is 35.5. The van der Waals surface area contributed by atoms with E-state index in [2.05, 4.69) is 0 Å². The lowest BCUT2D eigenvalue weighted by atomic mass is 10.0. The first-order valence-electron chi connectivity index (χ1n) is 5.73. The van der Waals surface area contributed by atoms with Crippen LogP contribution in [0.4, 0.5) is 0 Å². The van der Waals surface area contributed by atoms with Gasteiger partial charge in [0.05, 0.1) is 12.1 Å². The molecule has 0 bridgehead atoms. The van der Waals surface area contributed by atoms with Crippen molar-refractivity contribution in [2.45, 2.75) is 12.1 Å². The number of hydrogen-bond donors (Lipinski definition) is 4. The Hall–Kier alpha value is -2.03. The first-order valence-corrected chi connectivity index (χ1v) is 6.10. The van der Waals surface area contributed by atoms with Crippen LogP contribution in [0.2, 0.25) is 5.02 Å². The summed E-state index contributed by atoms with van der Waals surface area (Å²) in [5.74, 6) is -1.91. The maximum absolute atomic E-state index is 10.8. The van der Waals surface area contributed by atoms with Crippen LogP contribution in [0.1, 0.15) is 11.7 Å². The summed E-state index contributed by atoms with van der Waals surface area (Å²) in [5, 5.41) is 18.7. The van der Waals surface area contributed by atoms with E-state index in [4.69, 9.17) is 37.6 Å². The van der Waals surface area contributed by atoms with Crippen LogP contribution in [0.25, 0.3) is 0 Å². The van der Waals surface area contributed by atoms with Gasteiger partial charge in [-0.05, 0) is 17.7 Å². The Bertz CT molecular complexity index is 551. The zero-order valence-corrected chi connectivity index (χ0v) is 11.8. The zero-order valence-electron chi connectivity index (χ0n) is 11.1. The van der Waals surface area contributed by atoms with Gasteiger partial charge >= 0.3 is 5.97 Å². The number of halogens is 1. The van der Waals surface area contributed by atoms with Crippen molar-refractivity contribution in [1.82, 2.24) is 0 Å². The van der Waals surface area contributed by atoms with E-state index >= 15 is 0 Å². The molecular weight excluding hydrogens is 304 g/mol. The SMILES string of the molecule is COc1cc(C(O)C(N)C(=O)O)cc(Cl)c1OCC(N)=O. The van der Waals surface area contributed by atoms with E-state index in [0.717, 1.165) is 0 Å². The number of nitrogens with two attached hydrogens (primary N) is 2. The molecule has 0 radical (unpaired) electrons. The fourth-order valence-electron chi connectivity index (χ4n) is 1.54. The number of carboxylic acid groups (broad SMARTS) is 1.